The lowest BCUT2D eigenvalue weighted by Gasteiger charge is -2.23. The second-order valence-electron chi connectivity index (χ2n) is 6.14. The molecule has 1 amide bonds. The first kappa shape index (κ1) is 15.4. The van der Waals surface area contributed by atoms with Crippen LogP contribution in [0.25, 0.3) is 11.0 Å². The van der Waals surface area contributed by atoms with Crippen LogP contribution < -0.4 is 5.32 Å². The lowest BCUT2D eigenvalue weighted by molar-refractivity contribution is 0.0929. The minimum absolute atomic E-state index is 0.115. The smallest absolute Gasteiger partial charge is 0.252 e. The van der Waals surface area contributed by atoms with Crippen molar-refractivity contribution in [2.24, 2.45) is 12.5 Å². The number of carbonyl (C=O) groups excluding carboxylic acids is 1. The second-order valence-corrected chi connectivity index (χ2v) is 6.14. The fourth-order valence-electron chi connectivity index (χ4n) is 2.23. The highest BCUT2D eigenvalue weighted by molar-refractivity contribution is 6.05. The van der Waals surface area contributed by atoms with Crippen LogP contribution >= 0.6 is 0 Å². The van der Waals surface area contributed by atoms with Gasteiger partial charge in [-0.15, -0.1) is 0 Å². The number of pyridine rings is 1. The number of rotatable bonds is 5. The van der Waals surface area contributed by atoms with Crippen molar-refractivity contribution in [1.82, 2.24) is 20.1 Å². The Morgan fingerprint density at radius 3 is 2.86 bits per heavy atom. The summed E-state index contributed by atoms with van der Waals surface area (Å²) in [5, 5.41) is 16.9. The van der Waals surface area contributed by atoms with Gasteiger partial charge in [0.15, 0.2) is 5.65 Å². The van der Waals surface area contributed by atoms with Crippen LogP contribution in [0.1, 0.15) is 36.3 Å². The Morgan fingerprint density at radius 1 is 1.48 bits per heavy atom. The lowest BCUT2D eigenvalue weighted by Crippen LogP contribution is -2.34. The molecular weight excluding hydrogens is 268 g/mol. The molecule has 2 aromatic rings. The van der Waals surface area contributed by atoms with Gasteiger partial charge in [0, 0.05) is 25.9 Å². The van der Waals surface area contributed by atoms with Crippen molar-refractivity contribution in [2.45, 2.75) is 27.2 Å². The Bertz CT molecular complexity index is 661. The first-order valence-corrected chi connectivity index (χ1v) is 7.02. The quantitative estimate of drug-likeness (QED) is 0.872. The van der Waals surface area contributed by atoms with Gasteiger partial charge in [0.05, 0.1) is 17.1 Å². The Balaban J connectivity index is 2.24. The number of hydrogen-bond donors (Lipinski definition) is 2. The summed E-state index contributed by atoms with van der Waals surface area (Å²) < 4.78 is 1.66. The van der Waals surface area contributed by atoms with Crippen LogP contribution in [-0.2, 0) is 7.05 Å². The van der Waals surface area contributed by atoms with Crippen LogP contribution in [0.15, 0.2) is 12.3 Å². The highest BCUT2D eigenvalue weighted by Crippen LogP contribution is 2.20. The van der Waals surface area contributed by atoms with Gasteiger partial charge in [-0.1, -0.05) is 13.8 Å². The molecule has 21 heavy (non-hydrogen) atoms. The number of fused-ring (bicyclic) bond motifs is 1. The summed E-state index contributed by atoms with van der Waals surface area (Å²) in [6.07, 6.45) is 2.31. The molecule has 6 nitrogen and oxygen atoms in total. The Hall–Kier alpha value is -1.95. The highest BCUT2D eigenvalue weighted by Gasteiger charge is 2.20. The second kappa shape index (κ2) is 5.81. The van der Waals surface area contributed by atoms with Gasteiger partial charge >= 0.3 is 0 Å². The average Bonchev–Trinajstić information content (AvgIpc) is 2.77. The molecule has 0 radical (unpaired) electrons. The van der Waals surface area contributed by atoms with E-state index in [9.17, 15) is 4.79 Å². The molecule has 0 unspecified atom stereocenters. The first-order chi connectivity index (χ1) is 9.84. The molecule has 2 N–H and O–H groups in total. The zero-order valence-electron chi connectivity index (χ0n) is 13.0. The minimum Gasteiger partial charge on any atom is -0.396 e. The van der Waals surface area contributed by atoms with Crippen molar-refractivity contribution in [1.29, 1.82) is 0 Å². The third kappa shape index (κ3) is 3.39. The molecule has 0 atom stereocenters. The number of aliphatic hydroxyl groups is 1. The molecule has 0 bridgehead atoms. The Labute approximate surface area is 124 Å². The molecule has 6 heteroatoms. The fraction of sp³-hybridized carbons (Fsp3) is 0.533. The number of hydrogen-bond acceptors (Lipinski definition) is 4. The summed E-state index contributed by atoms with van der Waals surface area (Å²) in [5.74, 6) is -0.135. The van der Waals surface area contributed by atoms with Crippen molar-refractivity contribution in [3.05, 3.63) is 23.5 Å². The number of aliphatic hydroxyl groups excluding tert-OH is 1. The minimum atomic E-state index is -0.138. The summed E-state index contributed by atoms with van der Waals surface area (Å²) in [6.45, 7) is 6.51. The number of nitrogens with one attached hydrogen (secondary N) is 1. The van der Waals surface area contributed by atoms with Crippen LogP contribution in [0.4, 0.5) is 0 Å². The molecule has 2 rings (SSSR count). The van der Waals surface area contributed by atoms with Crippen LogP contribution in [0.5, 0.6) is 0 Å². The van der Waals surface area contributed by atoms with Gasteiger partial charge < -0.3 is 10.4 Å². The van der Waals surface area contributed by atoms with Crippen molar-refractivity contribution < 1.29 is 9.90 Å². The van der Waals surface area contributed by atoms with Gasteiger partial charge in [-0.05, 0) is 24.8 Å². The van der Waals surface area contributed by atoms with E-state index in [2.05, 4.69) is 15.4 Å². The zero-order chi connectivity index (χ0) is 15.6. The van der Waals surface area contributed by atoms with Crippen LogP contribution in [-0.4, -0.2) is 38.9 Å². The van der Waals surface area contributed by atoms with Crippen LogP contribution in [0.2, 0.25) is 0 Å². The molecule has 0 aliphatic rings. The topological polar surface area (TPSA) is 80.0 Å². The maximum Gasteiger partial charge on any atom is 0.252 e. The molecule has 0 aliphatic heterocycles. The number of aryl methyl sites for hydroxylation is 2. The van der Waals surface area contributed by atoms with Crippen molar-refractivity contribution in [3.8, 4) is 0 Å². The van der Waals surface area contributed by atoms with Gasteiger partial charge in [0.2, 0.25) is 0 Å². The standard InChI is InChI=1S/C15H22N4O2/c1-10-7-11(12-8-17-19(4)13(12)18-10)14(21)16-9-15(2,3)5-6-20/h7-8,20H,5-6,9H2,1-4H3,(H,16,21). The van der Waals surface area contributed by atoms with Crippen molar-refractivity contribution in [2.75, 3.05) is 13.2 Å². The third-order valence-corrected chi connectivity index (χ3v) is 3.59. The lowest BCUT2D eigenvalue weighted by atomic mass is 9.89. The zero-order valence-corrected chi connectivity index (χ0v) is 13.0. The van der Waals surface area contributed by atoms with E-state index in [1.54, 1.807) is 24.0 Å². The maximum atomic E-state index is 12.4. The predicted octanol–water partition coefficient (Wildman–Crippen LogP) is 1.42. The van der Waals surface area contributed by atoms with E-state index in [1.165, 1.54) is 0 Å². The van der Waals surface area contributed by atoms with E-state index in [-0.39, 0.29) is 17.9 Å². The number of carbonyl (C=O) groups is 1. The molecule has 2 heterocycles. The van der Waals surface area contributed by atoms with Crippen LogP contribution in [0, 0.1) is 12.3 Å². The first-order valence-electron chi connectivity index (χ1n) is 7.02. The van der Waals surface area contributed by atoms with E-state index in [0.717, 1.165) is 11.1 Å². The molecule has 0 saturated heterocycles. The summed E-state index contributed by atoms with van der Waals surface area (Å²) in [6, 6.07) is 1.78. The van der Waals surface area contributed by atoms with Crippen LogP contribution in [0.3, 0.4) is 0 Å². The van der Waals surface area contributed by atoms with Gasteiger partial charge in [-0.25, -0.2) is 4.98 Å². The molecule has 0 fully saturated rings. The fourth-order valence-corrected chi connectivity index (χ4v) is 2.23. The molecule has 0 aromatic carbocycles. The molecule has 0 aliphatic carbocycles. The van der Waals surface area contributed by atoms with Gasteiger partial charge in [-0.3, -0.25) is 9.48 Å². The molecule has 0 saturated carbocycles. The maximum absolute atomic E-state index is 12.4. The Kier molecular flexibility index (Phi) is 4.27. The monoisotopic (exact) mass is 290 g/mol. The van der Waals surface area contributed by atoms with Crippen molar-refractivity contribution >= 4 is 16.9 Å². The summed E-state index contributed by atoms with van der Waals surface area (Å²) in [4.78, 5) is 16.8. The van der Waals surface area contributed by atoms with E-state index in [0.29, 0.717) is 24.2 Å². The largest absolute Gasteiger partial charge is 0.396 e. The SMILES string of the molecule is Cc1cc(C(=O)NCC(C)(C)CCO)c2cnn(C)c2n1. The molecule has 2 aromatic heterocycles. The van der Waals surface area contributed by atoms with E-state index >= 15 is 0 Å². The third-order valence-electron chi connectivity index (χ3n) is 3.59. The highest BCUT2D eigenvalue weighted by atomic mass is 16.3. The predicted molar refractivity (Wildman–Crippen MR) is 81.1 cm³/mol. The van der Waals surface area contributed by atoms with Gasteiger partial charge in [0.25, 0.3) is 5.91 Å². The molecule has 0 spiro atoms. The molecular formula is C15H22N4O2. The summed E-state index contributed by atoms with van der Waals surface area (Å²) >= 11 is 0. The summed E-state index contributed by atoms with van der Waals surface area (Å²) in [5.41, 5.74) is 1.94. The van der Waals surface area contributed by atoms with E-state index in [1.807, 2.05) is 20.8 Å². The average molecular weight is 290 g/mol. The van der Waals surface area contributed by atoms with Crippen molar-refractivity contribution in [3.63, 3.8) is 0 Å². The number of amides is 1. The number of nitrogens with zero attached hydrogens (tertiary/aromatic N) is 3. The normalized spacial score (nSPS) is 11.9. The number of aromatic nitrogens is 3. The van der Waals surface area contributed by atoms with Gasteiger partial charge in [-0.2, -0.15) is 5.10 Å². The Morgan fingerprint density at radius 2 is 2.19 bits per heavy atom. The molecule has 114 valence electrons. The van der Waals surface area contributed by atoms with E-state index < -0.39 is 0 Å². The van der Waals surface area contributed by atoms with Gasteiger partial charge in [0.1, 0.15) is 0 Å². The van der Waals surface area contributed by atoms with E-state index in [4.69, 9.17) is 5.11 Å². The summed E-state index contributed by atoms with van der Waals surface area (Å²) in [7, 11) is 1.81.